The third-order valence-electron chi connectivity index (χ3n) is 3.92. The highest BCUT2D eigenvalue weighted by Gasteiger charge is 2.21. The van der Waals surface area contributed by atoms with Crippen LogP contribution in [-0.2, 0) is 6.42 Å². The molecule has 1 rings (SSSR count). The largest absolute Gasteiger partial charge is 0.329 e. The Morgan fingerprint density at radius 3 is 2.11 bits per heavy atom. The zero-order valence-corrected chi connectivity index (χ0v) is 12.3. The minimum absolute atomic E-state index is 0.343. The van der Waals surface area contributed by atoms with E-state index in [-0.39, 0.29) is 0 Å². The molecule has 2 heteroatoms. The fourth-order valence-electron chi connectivity index (χ4n) is 2.51. The number of rotatable bonds is 7. The van der Waals surface area contributed by atoms with Gasteiger partial charge in [-0.05, 0) is 37.4 Å². The van der Waals surface area contributed by atoms with Crippen molar-refractivity contribution >= 4 is 0 Å². The van der Waals surface area contributed by atoms with Crippen molar-refractivity contribution in [2.24, 2.45) is 5.73 Å². The van der Waals surface area contributed by atoms with Crippen LogP contribution in [0.1, 0.15) is 51.3 Å². The summed E-state index contributed by atoms with van der Waals surface area (Å²) in [6, 6.07) is 9.85. The van der Waals surface area contributed by atoms with Gasteiger partial charge in [-0.1, -0.05) is 45.0 Å². The summed E-state index contributed by atoms with van der Waals surface area (Å²) in [6.45, 7) is 10.7. The van der Waals surface area contributed by atoms with E-state index in [1.165, 1.54) is 11.1 Å². The Balaban J connectivity index is 2.92. The molecule has 2 unspecified atom stereocenters. The van der Waals surface area contributed by atoms with Crippen LogP contribution in [-0.4, -0.2) is 24.0 Å². The summed E-state index contributed by atoms with van der Waals surface area (Å²) < 4.78 is 0. The van der Waals surface area contributed by atoms with Gasteiger partial charge in [0.25, 0.3) is 0 Å². The lowest BCUT2D eigenvalue weighted by molar-refractivity contribution is 0.152. The molecule has 102 valence electrons. The van der Waals surface area contributed by atoms with Crippen molar-refractivity contribution in [1.82, 2.24) is 4.90 Å². The third-order valence-corrected chi connectivity index (χ3v) is 3.92. The monoisotopic (exact) mass is 248 g/mol. The zero-order chi connectivity index (χ0) is 13.5. The summed E-state index contributed by atoms with van der Waals surface area (Å²) in [5.74, 6) is 0. The summed E-state index contributed by atoms with van der Waals surface area (Å²) in [4.78, 5) is 2.50. The van der Waals surface area contributed by atoms with Gasteiger partial charge >= 0.3 is 0 Å². The molecular weight excluding hydrogens is 220 g/mol. The van der Waals surface area contributed by atoms with Crippen molar-refractivity contribution in [3.63, 3.8) is 0 Å². The van der Waals surface area contributed by atoms with E-state index in [0.29, 0.717) is 18.6 Å². The van der Waals surface area contributed by atoms with Gasteiger partial charge < -0.3 is 5.73 Å². The van der Waals surface area contributed by atoms with Gasteiger partial charge in [0.1, 0.15) is 0 Å². The van der Waals surface area contributed by atoms with Gasteiger partial charge in [0.2, 0.25) is 0 Å². The van der Waals surface area contributed by atoms with Gasteiger partial charge in [-0.3, -0.25) is 4.90 Å². The lowest BCUT2D eigenvalue weighted by Gasteiger charge is -2.35. The first-order valence-electron chi connectivity index (χ1n) is 7.22. The van der Waals surface area contributed by atoms with Crippen LogP contribution in [0.15, 0.2) is 24.3 Å². The predicted octanol–water partition coefficient (Wildman–Crippen LogP) is 3.37. The Labute approximate surface area is 112 Å². The number of nitrogens with zero attached hydrogens (tertiary/aromatic N) is 1. The average Bonchev–Trinajstić information content (AvgIpc) is 2.44. The number of benzene rings is 1. The van der Waals surface area contributed by atoms with Crippen LogP contribution >= 0.6 is 0 Å². The van der Waals surface area contributed by atoms with Crippen molar-refractivity contribution in [1.29, 1.82) is 0 Å². The smallest absolute Gasteiger partial charge is 0.0473 e. The van der Waals surface area contributed by atoms with Gasteiger partial charge in [-0.2, -0.15) is 0 Å². The molecule has 0 aliphatic carbocycles. The Morgan fingerprint density at radius 2 is 1.72 bits per heavy atom. The summed E-state index contributed by atoms with van der Waals surface area (Å²) in [5.41, 5.74) is 8.74. The summed E-state index contributed by atoms with van der Waals surface area (Å²) in [5, 5.41) is 0. The molecule has 2 N–H and O–H groups in total. The van der Waals surface area contributed by atoms with E-state index < -0.39 is 0 Å². The number of nitrogens with two attached hydrogens (primary N) is 1. The molecule has 0 saturated heterocycles. The molecule has 18 heavy (non-hydrogen) atoms. The predicted molar refractivity (Wildman–Crippen MR) is 79.7 cm³/mol. The van der Waals surface area contributed by atoms with E-state index in [9.17, 15) is 0 Å². The topological polar surface area (TPSA) is 29.3 Å². The van der Waals surface area contributed by atoms with E-state index in [0.717, 1.165) is 19.4 Å². The molecule has 0 spiro atoms. The summed E-state index contributed by atoms with van der Waals surface area (Å²) in [6.07, 6.45) is 2.26. The van der Waals surface area contributed by atoms with Crippen LogP contribution in [0.2, 0.25) is 0 Å². The van der Waals surface area contributed by atoms with Crippen molar-refractivity contribution in [2.45, 2.75) is 52.6 Å². The van der Waals surface area contributed by atoms with Crippen LogP contribution in [0, 0.1) is 0 Å². The molecule has 0 aliphatic heterocycles. The van der Waals surface area contributed by atoms with E-state index in [4.69, 9.17) is 5.73 Å². The number of likely N-dealkylation sites (N-methyl/N-ethyl adjacent to an activating group) is 1. The molecule has 0 aliphatic rings. The highest BCUT2D eigenvalue weighted by molar-refractivity contribution is 5.25. The maximum Gasteiger partial charge on any atom is 0.0473 e. The Morgan fingerprint density at radius 1 is 1.11 bits per heavy atom. The van der Waals surface area contributed by atoms with Gasteiger partial charge in [0, 0.05) is 18.6 Å². The maximum atomic E-state index is 6.00. The maximum absolute atomic E-state index is 6.00. The molecule has 2 atom stereocenters. The first kappa shape index (κ1) is 15.2. The van der Waals surface area contributed by atoms with Crippen LogP contribution in [0.5, 0.6) is 0 Å². The molecule has 1 aromatic carbocycles. The molecule has 0 aromatic heterocycles. The normalized spacial score (nSPS) is 14.8. The second-order valence-electron chi connectivity index (χ2n) is 4.93. The lowest BCUT2D eigenvalue weighted by Crippen LogP contribution is -2.39. The van der Waals surface area contributed by atoms with Crippen molar-refractivity contribution in [2.75, 3.05) is 13.1 Å². The molecule has 0 fully saturated rings. The van der Waals surface area contributed by atoms with E-state index >= 15 is 0 Å². The van der Waals surface area contributed by atoms with Crippen molar-refractivity contribution in [3.8, 4) is 0 Å². The summed E-state index contributed by atoms with van der Waals surface area (Å²) in [7, 11) is 0. The molecule has 1 aromatic rings. The first-order chi connectivity index (χ1) is 8.67. The van der Waals surface area contributed by atoms with Gasteiger partial charge in [-0.15, -0.1) is 0 Å². The van der Waals surface area contributed by atoms with Gasteiger partial charge in [0.15, 0.2) is 0 Å². The van der Waals surface area contributed by atoms with Crippen molar-refractivity contribution < 1.29 is 0 Å². The van der Waals surface area contributed by atoms with Crippen LogP contribution in [0.3, 0.4) is 0 Å². The van der Waals surface area contributed by atoms with Crippen LogP contribution < -0.4 is 5.73 Å². The number of hydrogen-bond acceptors (Lipinski definition) is 2. The second-order valence-corrected chi connectivity index (χ2v) is 4.93. The van der Waals surface area contributed by atoms with Gasteiger partial charge in [0.05, 0.1) is 0 Å². The molecule has 0 amide bonds. The van der Waals surface area contributed by atoms with Crippen LogP contribution in [0.25, 0.3) is 0 Å². The van der Waals surface area contributed by atoms with Crippen LogP contribution in [0.4, 0.5) is 0 Å². The molecule has 0 radical (unpaired) electrons. The highest BCUT2D eigenvalue weighted by Crippen LogP contribution is 2.23. The standard InChI is InChI=1S/C16H28N2/c1-5-13(4)18(7-3)16(12-17)15-10-8-14(6-2)9-11-15/h8-11,13,16H,5-7,12,17H2,1-4H3. The SMILES string of the molecule is CCc1ccc(C(CN)N(CC)C(C)CC)cc1. The number of hydrogen-bond donors (Lipinski definition) is 1. The third kappa shape index (κ3) is 3.56. The zero-order valence-electron chi connectivity index (χ0n) is 12.3. The average molecular weight is 248 g/mol. The minimum atomic E-state index is 0.343. The first-order valence-corrected chi connectivity index (χ1v) is 7.22. The molecular formula is C16H28N2. The fourth-order valence-corrected chi connectivity index (χ4v) is 2.51. The molecule has 0 saturated carbocycles. The highest BCUT2D eigenvalue weighted by atomic mass is 15.2. The Bertz CT molecular complexity index is 331. The van der Waals surface area contributed by atoms with E-state index in [1.54, 1.807) is 0 Å². The number of aryl methyl sites for hydroxylation is 1. The minimum Gasteiger partial charge on any atom is -0.329 e. The second kappa shape index (κ2) is 7.55. The fraction of sp³-hybridized carbons (Fsp3) is 0.625. The van der Waals surface area contributed by atoms with E-state index in [2.05, 4.69) is 56.9 Å². The Hall–Kier alpha value is -0.860. The van der Waals surface area contributed by atoms with E-state index in [1.807, 2.05) is 0 Å². The van der Waals surface area contributed by atoms with Crippen molar-refractivity contribution in [3.05, 3.63) is 35.4 Å². The molecule has 0 heterocycles. The molecule has 2 nitrogen and oxygen atoms in total. The lowest BCUT2D eigenvalue weighted by atomic mass is 10.0. The molecule has 0 bridgehead atoms. The Kier molecular flexibility index (Phi) is 6.37. The van der Waals surface area contributed by atoms with Gasteiger partial charge in [-0.25, -0.2) is 0 Å². The summed E-state index contributed by atoms with van der Waals surface area (Å²) >= 11 is 0. The quantitative estimate of drug-likeness (QED) is 0.801.